The predicted octanol–water partition coefficient (Wildman–Crippen LogP) is 0.185. The molecule has 0 aliphatic carbocycles. The van der Waals surface area contributed by atoms with E-state index in [1.165, 1.54) is 0 Å². The van der Waals surface area contributed by atoms with Gasteiger partial charge in [0, 0.05) is 47.5 Å². The first kappa shape index (κ1) is 29.9. The number of hydroxylamine groups is 2. The first-order valence-electron chi connectivity index (χ1n) is 10.4. The van der Waals surface area contributed by atoms with Crippen LogP contribution in [0, 0.1) is 0 Å². The van der Waals surface area contributed by atoms with Crippen molar-refractivity contribution in [2.24, 2.45) is 0 Å². The van der Waals surface area contributed by atoms with Gasteiger partial charge in [0.2, 0.25) is 5.91 Å². The van der Waals surface area contributed by atoms with E-state index in [9.17, 15) is 19.2 Å². The van der Waals surface area contributed by atoms with Gasteiger partial charge in [-0.3, -0.25) is 14.4 Å². The molecule has 0 bridgehead atoms. The van der Waals surface area contributed by atoms with Crippen molar-refractivity contribution in [3.63, 3.8) is 0 Å². The average molecular weight is 465 g/mol. The van der Waals surface area contributed by atoms with E-state index in [0.29, 0.717) is 51.1 Å². The van der Waals surface area contributed by atoms with Gasteiger partial charge in [0.25, 0.3) is 11.8 Å². The van der Waals surface area contributed by atoms with Gasteiger partial charge >= 0.3 is 5.97 Å². The number of amides is 3. The minimum atomic E-state index is -0.760. The zero-order chi connectivity index (χ0) is 24.2. The van der Waals surface area contributed by atoms with Gasteiger partial charge in [0.05, 0.1) is 39.6 Å². The lowest BCUT2D eigenvalue weighted by atomic mass is 10.2. The Morgan fingerprint density at radius 2 is 1.44 bits per heavy atom. The number of rotatable bonds is 18. The molecule has 12 nitrogen and oxygen atoms in total. The molecule has 1 atom stereocenters. The van der Waals surface area contributed by atoms with E-state index >= 15 is 0 Å². The highest BCUT2D eigenvalue weighted by molar-refractivity contribution is 5.92. The molecular weight excluding hydrogens is 428 g/mol. The second kappa shape index (κ2) is 19.6. The Morgan fingerprint density at radius 1 is 0.812 bits per heavy atom. The van der Waals surface area contributed by atoms with E-state index in [1.54, 1.807) is 14.2 Å². The topological polar surface area (TPSA) is 139 Å². The Bertz CT molecular complexity index is 544. The molecule has 0 aromatic rings. The van der Waals surface area contributed by atoms with Crippen molar-refractivity contribution in [3.05, 3.63) is 0 Å². The molecule has 12 heteroatoms. The van der Waals surface area contributed by atoms with Gasteiger partial charge in [-0.25, -0.2) is 4.79 Å². The summed E-state index contributed by atoms with van der Waals surface area (Å²) in [5, 5.41) is 3.11. The fraction of sp³-hybridized carbons (Fsp3) is 0.800. The molecule has 0 fully saturated rings. The normalized spacial score (nSPS) is 11.6. The lowest BCUT2D eigenvalue weighted by Crippen LogP contribution is -2.35. The Labute approximate surface area is 188 Å². The van der Waals surface area contributed by atoms with Gasteiger partial charge in [-0.05, 0) is 12.8 Å². The molecular formula is C20H36N2O10. The van der Waals surface area contributed by atoms with Gasteiger partial charge in [-0.1, -0.05) is 0 Å². The summed E-state index contributed by atoms with van der Waals surface area (Å²) in [6.45, 7) is 4.90. The number of hydrogen-bond acceptors (Lipinski definition) is 10. The molecule has 0 aromatic carbocycles. The second-order valence-electron chi connectivity index (χ2n) is 6.58. The number of imide groups is 1. The molecule has 3 amide bonds. The van der Waals surface area contributed by atoms with Gasteiger partial charge < -0.3 is 33.8 Å². The van der Waals surface area contributed by atoms with Crippen LogP contribution in [0.5, 0.6) is 0 Å². The van der Waals surface area contributed by atoms with E-state index in [-0.39, 0.29) is 31.8 Å². The molecule has 0 saturated heterocycles. The van der Waals surface area contributed by atoms with E-state index < -0.39 is 24.1 Å². The lowest BCUT2D eigenvalue weighted by molar-refractivity contribution is -0.200. The van der Waals surface area contributed by atoms with Crippen LogP contribution in [0.4, 0.5) is 0 Å². The van der Waals surface area contributed by atoms with Crippen molar-refractivity contribution in [3.8, 4) is 0 Å². The average Bonchev–Trinajstić information content (AvgIpc) is 2.74. The number of carbonyl (C=O) groups is 4. The van der Waals surface area contributed by atoms with Gasteiger partial charge in [0.1, 0.15) is 0 Å². The summed E-state index contributed by atoms with van der Waals surface area (Å²) in [5.74, 6) is -2.38. The molecule has 0 spiro atoms. The molecule has 32 heavy (non-hydrogen) atoms. The van der Waals surface area contributed by atoms with Crippen LogP contribution in [0.2, 0.25) is 0 Å². The van der Waals surface area contributed by atoms with Crippen LogP contribution in [0.3, 0.4) is 0 Å². The summed E-state index contributed by atoms with van der Waals surface area (Å²) in [6.07, 6.45) is 0.234. The summed E-state index contributed by atoms with van der Waals surface area (Å²) < 4.78 is 26.4. The highest BCUT2D eigenvalue weighted by Gasteiger charge is 2.19. The Balaban J connectivity index is 3.97. The maximum absolute atomic E-state index is 11.8. The Kier molecular flexibility index (Phi) is 18.3. The third-order valence-corrected chi connectivity index (χ3v) is 3.77. The molecule has 0 aliphatic heterocycles. The third-order valence-electron chi connectivity index (χ3n) is 3.77. The number of carbonyl (C=O) groups excluding carboxylic acids is 4. The van der Waals surface area contributed by atoms with Crippen molar-refractivity contribution in [2.45, 2.75) is 45.8 Å². The van der Waals surface area contributed by atoms with Gasteiger partial charge in [-0.15, -0.1) is 5.06 Å². The first-order chi connectivity index (χ1) is 15.3. The number of nitrogens with zero attached hydrogens (tertiary/aromatic N) is 1. The fourth-order valence-corrected chi connectivity index (χ4v) is 2.22. The van der Waals surface area contributed by atoms with Crippen LogP contribution >= 0.6 is 0 Å². The SMILES string of the molecule is COCCOCC(OCCCNC(=O)CCCC(=O)ON(C(C)=O)C(C)=O)OCCOC. The smallest absolute Gasteiger partial charge is 0.333 e. The molecule has 1 N–H and O–H groups in total. The molecule has 0 aliphatic rings. The molecule has 1 unspecified atom stereocenters. The molecule has 0 heterocycles. The van der Waals surface area contributed by atoms with Crippen LogP contribution in [0.15, 0.2) is 0 Å². The summed E-state index contributed by atoms with van der Waals surface area (Å²) in [5.41, 5.74) is 0. The first-order valence-corrected chi connectivity index (χ1v) is 10.4. The third kappa shape index (κ3) is 16.6. The zero-order valence-corrected chi connectivity index (χ0v) is 19.4. The standard InChI is InChI=1S/C20H36N2O10/c1-16(23)22(17(2)24)32-19(26)8-5-7-18(25)21-9-6-10-30-20(31-14-12-28-4)15-29-13-11-27-3/h20H,5-15H2,1-4H3,(H,21,25). The van der Waals surface area contributed by atoms with E-state index in [4.69, 9.17) is 23.7 Å². The molecule has 186 valence electrons. The van der Waals surface area contributed by atoms with Crippen LogP contribution < -0.4 is 5.32 Å². The Morgan fingerprint density at radius 3 is 2.06 bits per heavy atom. The molecule has 0 radical (unpaired) electrons. The summed E-state index contributed by atoms with van der Waals surface area (Å²) >= 11 is 0. The quantitative estimate of drug-likeness (QED) is 0.170. The molecule has 0 saturated carbocycles. The fourth-order valence-electron chi connectivity index (χ4n) is 2.22. The number of ether oxygens (including phenoxy) is 5. The summed E-state index contributed by atoms with van der Waals surface area (Å²) in [7, 11) is 3.16. The van der Waals surface area contributed by atoms with Crippen molar-refractivity contribution < 1.29 is 47.7 Å². The maximum Gasteiger partial charge on any atom is 0.333 e. The monoisotopic (exact) mass is 464 g/mol. The van der Waals surface area contributed by atoms with Crippen molar-refractivity contribution in [1.29, 1.82) is 0 Å². The number of nitrogens with one attached hydrogen (secondary N) is 1. The van der Waals surface area contributed by atoms with Crippen LogP contribution in [-0.2, 0) is 47.7 Å². The number of methoxy groups -OCH3 is 2. The maximum atomic E-state index is 11.8. The van der Waals surface area contributed by atoms with Crippen LogP contribution in [0.1, 0.15) is 39.5 Å². The van der Waals surface area contributed by atoms with Crippen molar-refractivity contribution in [1.82, 2.24) is 10.4 Å². The van der Waals surface area contributed by atoms with E-state index in [1.807, 2.05) is 0 Å². The van der Waals surface area contributed by atoms with Crippen LogP contribution in [0.25, 0.3) is 0 Å². The molecule has 0 rings (SSSR count). The predicted molar refractivity (Wildman–Crippen MR) is 111 cm³/mol. The van der Waals surface area contributed by atoms with Crippen molar-refractivity contribution >= 4 is 23.7 Å². The van der Waals surface area contributed by atoms with Gasteiger partial charge in [-0.2, -0.15) is 0 Å². The highest BCUT2D eigenvalue weighted by Crippen LogP contribution is 2.02. The second-order valence-corrected chi connectivity index (χ2v) is 6.58. The largest absolute Gasteiger partial charge is 0.382 e. The van der Waals surface area contributed by atoms with Gasteiger partial charge in [0.15, 0.2) is 6.29 Å². The minimum Gasteiger partial charge on any atom is -0.382 e. The molecule has 0 aromatic heterocycles. The highest BCUT2D eigenvalue weighted by atomic mass is 16.7. The lowest BCUT2D eigenvalue weighted by Gasteiger charge is -2.18. The number of hydrogen-bond donors (Lipinski definition) is 1. The van der Waals surface area contributed by atoms with Crippen LogP contribution in [-0.4, -0.2) is 95.4 Å². The summed E-state index contributed by atoms with van der Waals surface area (Å²) in [4.78, 5) is 50.6. The van der Waals surface area contributed by atoms with E-state index in [0.717, 1.165) is 13.8 Å². The Hall–Kier alpha value is -2.12. The minimum absolute atomic E-state index is 0.100. The van der Waals surface area contributed by atoms with E-state index in [2.05, 4.69) is 10.2 Å². The zero-order valence-electron chi connectivity index (χ0n) is 19.4. The van der Waals surface area contributed by atoms with Crippen molar-refractivity contribution in [2.75, 3.05) is 60.4 Å². The summed E-state index contributed by atoms with van der Waals surface area (Å²) in [6, 6.07) is 0.